The summed E-state index contributed by atoms with van der Waals surface area (Å²) in [6.07, 6.45) is -4.60. The van der Waals surface area contributed by atoms with E-state index in [0.29, 0.717) is 26.3 Å². The number of aliphatic hydroxyl groups is 5. The van der Waals surface area contributed by atoms with Gasteiger partial charge < -0.3 is 65.0 Å². The van der Waals surface area contributed by atoms with Crippen LogP contribution in [-0.4, -0.2) is 134 Å². The molecule has 0 saturated carbocycles. The number of aromatic nitrogens is 1. The van der Waals surface area contributed by atoms with E-state index < -0.39 is 74.5 Å². The van der Waals surface area contributed by atoms with Crippen molar-refractivity contribution >= 4 is 0 Å². The van der Waals surface area contributed by atoms with Crippen LogP contribution in [0.25, 0.3) is 0 Å². The lowest BCUT2D eigenvalue weighted by Gasteiger charge is -2.48. The highest BCUT2D eigenvalue weighted by atomic mass is 16.7. The van der Waals surface area contributed by atoms with Crippen molar-refractivity contribution in [2.75, 3.05) is 47.3 Å². The van der Waals surface area contributed by atoms with E-state index in [-0.39, 0.29) is 6.61 Å². The molecule has 0 radical (unpaired) electrons. The van der Waals surface area contributed by atoms with Gasteiger partial charge in [0.05, 0.1) is 38.5 Å². The zero-order chi connectivity index (χ0) is 27.7. The third kappa shape index (κ3) is 7.63. The van der Waals surface area contributed by atoms with E-state index in [9.17, 15) is 20.4 Å². The van der Waals surface area contributed by atoms with Crippen LogP contribution in [-0.2, 0) is 41.5 Å². The van der Waals surface area contributed by atoms with E-state index in [1.165, 1.54) is 14.2 Å². The largest absolute Gasteiger partial charge is 0.394 e. The van der Waals surface area contributed by atoms with Gasteiger partial charge in [0.15, 0.2) is 31.5 Å². The Morgan fingerprint density at radius 3 is 2.18 bits per heavy atom. The normalized spacial score (nSPS) is 35.9. The lowest BCUT2D eigenvalue weighted by molar-refractivity contribution is -0.698. The maximum atomic E-state index is 11.1. The minimum absolute atomic E-state index is 0.0203. The van der Waals surface area contributed by atoms with E-state index in [1.807, 2.05) is 29.1 Å². The summed E-state index contributed by atoms with van der Waals surface area (Å²) in [4.78, 5) is 0. The molecule has 3 rings (SSSR count). The number of ether oxygens (including phenoxy) is 6. The third-order valence-electron chi connectivity index (χ3n) is 6.78. The average molecular weight is 549 g/mol. The SMILES string of the molecule is CO[C@H]1O[C@H](CO)[C@@H](O[C@H]2O[C@H](CO)[C@@H](OC)[C@@H](O)[C@H]2NCc2cc[n+](CCOCCO)cc2)[C@@H](O)[C@H]1N. The highest BCUT2D eigenvalue weighted by Gasteiger charge is 2.50. The van der Waals surface area contributed by atoms with Crippen molar-refractivity contribution in [1.29, 1.82) is 0 Å². The molecule has 2 aliphatic heterocycles. The Balaban J connectivity index is 1.71. The fourth-order valence-electron chi connectivity index (χ4n) is 4.64. The molecular weight excluding hydrogens is 506 g/mol. The van der Waals surface area contributed by atoms with Gasteiger partial charge in [-0.2, -0.15) is 0 Å². The van der Waals surface area contributed by atoms with Crippen LogP contribution in [0.5, 0.6) is 0 Å². The zero-order valence-electron chi connectivity index (χ0n) is 21.7. The van der Waals surface area contributed by atoms with Gasteiger partial charge in [0.25, 0.3) is 0 Å². The smallest absolute Gasteiger partial charge is 0.176 e. The number of hydrogen-bond acceptors (Lipinski definition) is 13. The Hall–Kier alpha value is -1.37. The molecule has 38 heavy (non-hydrogen) atoms. The van der Waals surface area contributed by atoms with Crippen LogP contribution >= 0.6 is 0 Å². The van der Waals surface area contributed by atoms with Crippen LogP contribution < -0.4 is 15.6 Å². The molecule has 8 N–H and O–H groups in total. The van der Waals surface area contributed by atoms with Crippen molar-refractivity contribution in [3.63, 3.8) is 0 Å². The number of nitrogens with one attached hydrogen (secondary N) is 1. The molecule has 218 valence electrons. The molecule has 14 nitrogen and oxygen atoms in total. The zero-order valence-corrected chi connectivity index (χ0v) is 21.7. The Kier molecular flexibility index (Phi) is 12.6. The highest BCUT2D eigenvalue weighted by Crippen LogP contribution is 2.29. The van der Waals surface area contributed by atoms with Crippen LogP contribution in [0, 0.1) is 0 Å². The Labute approximate surface area is 221 Å². The molecule has 14 heteroatoms. The van der Waals surface area contributed by atoms with Gasteiger partial charge in [-0.05, 0) is 5.56 Å². The average Bonchev–Trinajstić information content (AvgIpc) is 2.93. The van der Waals surface area contributed by atoms with Gasteiger partial charge in [0, 0.05) is 32.9 Å². The van der Waals surface area contributed by atoms with Crippen molar-refractivity contribution in [3.05, 3.63) is 30.1 Å². The van der Waals surface area contributed by atoms with Gasteiger partial charge in [0.2, 0.25) is 0 Å². The number of nitrogens with zero attached hydrogens (tertiary/aromatic N) is 1. The molecule has 0 aliphatic carbocycles. The maximum absolute atomic E-state index is 11.1. The number of aliphatic hydroxyl groups excluding tert-OH is 5. The van der Waals surface area contributed by atoms with E-state index in [2.05, 4.69) is 5.32 Å². The molecule has 0 unspecified atom stereocenters. The fourth-order valence-corrected chi connectivity index (χ4v) is 4.64. The van der Waals surface area contributed by atoms with Gasteiger partial charge in [-0.25, -0.2) is 4.57 Å². The van der Waals surface area contributed by atoms with E-state index in [4.69, 9.17) is 39.3 Å². The van der Waals surface area contributed by atoms with Crippen molar-refractivity contribution in [1.82, 2.24) is 5.32 Å². The van der Waals surface area contributed by atoms with Crippen molar-refractivity contribution in [2.24, 2.45) is 5.73 Å². The molecule has 0 spiro atoms. The quantitative estimate of drug-likeness (QED) is 0.0877. The Morgan fingerprint density at radius 1 is 0.921 bits per heavy atom. The lowest BCUT2D eigenvalue weighted by atomic mass is 9.94. The summed E-state index contributed by atoms with van der Waals surface area (Å²) < 4.78 is 35.4. The molecule has 2 fully saturated rings. The standard InChI is InChI=1S/C24H42N3O11/c1-33-21-15(12-29)37-24(38-22-16(13-30)36-23(34-2)17(25)19(22)31)18(20(21)32)26-11-14-3-5-27(6-4-14)7-9-35-10-8-28/h3-6,15-24,26,28-32H,7-13,25H2,1-2H3/q+1/t15-,16-,17-,18-,19+,20+,21-,22-,23+,24-/m1/s1. The van der Waals surface area contributed by atoms with Gasteiger partial charge in [-0.1, -0.05) is 0 Å². The topological polar surface area (TPSA) is 198 Å². The second kappa shape index (κ2) is 15.4. The predicted octanol–water partition coefficient (Wildman–Crippen LogP) is -4.03. The summed E-state index contributed by atoms with van der Waals surface area (Å²) in [5.41, 5.74) is 6.95. The molecule has 1 aromatic rings. The third-order valence-corrected chi connectivity index (χ3v) is 6.78. The molecule has 2 aliphatic rings. The molecule has 0 aromatic carbocycles. The number of rotatable bonds is 14. The van der Waals surface area contributed by atoms with Crippen LogP contribution in [0.1, 0.15) is 5.56 Å². The summed E-state index contributed by atoms with van der Waals surface area (Å²) in [5, 5.41) is 53.7. The fraction of sp³-hybridized carbons (Fsp3) is 0.792. The first-order valence-corrected chi connectivity index (χ1v) is 12.6. The summed E-state index contributed by atoms with van der Waals surface area (Å²) >= 11 is 0. The first kappa shape index (κ1) is 31.2. The van der Waals surface area contributed by atoms with Crippen LogP contribution in [0.15, 0.2) is 24.5 Å². The molecule has 1 aromatic heterocycles. The number of hydrogen-bond donors (Lipinski definition) is 7. The second-order valence-corrected chi connectivity index (χ2v) is 9.23. The summed E-state index contributed by atoms with van der Waals surface area (Å²) in [7, 11) is 2.78. The molecule has 3 heterocycles. The monoisotopic (exact) mass is 548 g/mol. The van der Waals surface area contributed by atoms with Crippen LogP contribution in [0.4, 0.5) is 0 Å². The van der Waals surface area contributed by atoms with Gasteiger partial charge in [-0.3, -0.25) is 0 Å². The minimum atomic E-state index is -1.27. The van der Waals surface area contributed by atoms with E-state index in [1.54, 1.807) is 0 Å². The number of pyridine rings is 1. The Bertz CT molecular complexity index is 805. The molecular formula is C24H42N3O11+. The number of methoxy groups -OCH3 is 2. The minimum Gasteiger partial charge on any atom is -0.394 e. The first-order chi connectivity index (χ1) is 18.4. The van der Waals surface area contributed by atoms with E-state index in [0.717, 1.165) is 5.56 Å². The number of nitrogens with two attached hydrogens (primary N) is 1. The Morgan fingerprint density at radius 2 is 1.58 bits per heavy atom. The second-order valence-electron chi connectivity index (χ2n) is 9.23. The summed E-state index contributed by atoms with van der Waals surface area (Å²) in [5.74, 6) is 0. The molecule has 10 atom stereocenters. The van der Waals surface area contributed by atoms with Crippen molar-refractivity contribution in [3.8, 4) is 0 Å². The van der Waals surface area contributed by atoms with Crippen molar-refractivity contribution < 1.29 is 58.5 Å². The highest BCUT2D eigenvalue weighted by molar-refractivity contribution is 5.08. The van der Waals surface area contributed by atoms with Crippen LogP contribution in [0.3, 0.4) is 0 Å². The molecule has 0 amide bonds. The lowest BCUT2D eigenvalue weighted by Crippen LogP contribution is -2.68. The molecule has 0 bridgehead atoms. The van der Waals surface area contributed by atoms with Crippen LogP contribution in [0.2, 0.25) is 0 Å². The van der Waals surface area contributed by atoms with Gasteiger partial charge in [-0.15, -0.1) is 0 Å². The van der Waals surface area contributed by atoms with Crippen molar-refractivity contribution in [2.45, 2.75) is 74.4 Å². The maximum Gasteiger partial charge on any atom is 0.176 e. The summed E-state index contributed by atoms with van der Waals surface area (Å²) in [6, 6.07) is 2.00. The first-order valence-electron chi connectivity index (χ1n) is 12.6. The van der Waals surface area contributed by atoms with E-state index >= 15 is 0 Å². The molecule has 2 saturated heterocycles. The van der Waals surface area contributed by atoms with Gasteiger partial charge >= 0.3 is 0 Å². The summed E-state index contributed by atoms with van der Waals surface area (Å²) in [6.45, 7) is 0.763. The predicted molar refractivity (Wildman–Crippen MR) is 129 cm³/mol. The van der Waals surface area contributed by atoms with Gasteiger partial charge in [0.1, 0.15) is 43.2 Å².